The Kier molecular flexibility index (Phi) is 6.65. The van der Waals surface area contributed by atoms with Gasteiger partial charge in [0.2, 0.25) is 5.91 Å². The number of carbonyl (C=O) groups excluding carboxylic acids is 1. The molecule has 0 unspecified atom stereocenters. The van der Waals surface area contributed by atoms with Gasteiger partial charge in [0.1, 0.15) is 17.3 Å². The predicted octanol–water partition coefficient (Wildman–Crippen LogP) is 4.76. The van der Waals surface area contributed by atoms with Crippen molar-refractivity contribution >= 4 is 23.3 Å². The minimum absolute atomic E-state index is 0.199. The molecule has 3 aromatic rings. The molecule has 1 saturated heterocycles. The zero-order chi connectivity index (χ0) is 22.7. The maximum atomic E-state index is 13.7. The van der Waals surface area contributed by atoms with Crippen molar-refractivity contribution in [3.63, 3.8) is 0 Å². The number of benzene rings is 1. The van der Waals surface area contributed by atoms with Crippen LogP contribution in [0.1, 0.15) is 25.3 Å². The van der Waals surface area contributed by atoms with Gasteiger partial charge in [-0.2, -0.15) is 0 Å². The van der Waals surface area contributed by atoms with E-state index in [4.69, 9.17) is 21.6 Å². The van der Waals surface area contributed by atoms with Crippen molar-refractivity contribution in [2.75, 3.05) is 31.1 Å². The van der Waals surface area contributed by atoms with Gasteiger partial charge in [-0.3, -0.25) is 14.8 Å². The third kappa shape index (κ3) is 4.58. The third-order valence-electron chi connectivity index (χ3n) is 5.65. The van der Waals surface area contributed by atoms with Gasteiger partial charge in [-0.25, -0.2) is 9.37 Å². The van der Waals surface area contributed by atoms with E-state index in [0.29, 0.717) is 54.6 Å². The molecule has 0 N–H and O–H groups in total. The van der Waals surface area contributed by atoms with E-state index < -0.39 is 0 Å². The first-order valence-corrected chi connectivity index (χ1v) is 11.1. The monoisotopic (exact) mass is 453 g/mol. The van der Waals surface area contributed by atoms with Crippen LogP contribution >= 0.6 is 11.6 Å². The maximum absolute atomic E-state index is 13.7. The molecule has 0 atom stereocenters. The normalized spacial score (nSPS) is 14.0. The fraction of sp³-hybridized carbons (Fsp3) is 0.333. The SMILES string of the molecule is CCCC(=O)N1CCN(c2cnc(-c3ccc(F)cc3C)c(-c3ccncc3Cl)n2)CC1. The number of amides is 1. The average Bonchev–Trinajstić information content (AvgIpc) is 2.80. The Balaban J connectivity index is 1.70. The topological polar surface area (TPSA) is 62.2 Å². The highest BCUT2D eigenvalue weighted by molar-refractivity contribution is 6.33. The molecule has 0 radical (unpaired) electrons. The quantitative estimate of drug-likeness (QED) is 0.557. The van der Waals surface area contributed by atoms with Gasteiger partial charge >= 0.3 is 0 Å². The Morgan fingerprint density at radius 3 is 2.56 bits per heavy atom. The lowest BCUT2D eigenvalue weighted by atomic mass is 10.0. The molecule has 0 spiro atoms. The van der Waals surface area contributed by atoms with Crippen LogP contribution in [0.5, 0.6) is 0 Å². The highest BCUT2D eigenvalue weighted by Gasteiger charge is 2.23. The molecule has 0 saturated carbocycles. The number of hydrogen-bond acceptors (Lipinski definition) is 5. The second-order valence-corrected chi connectivity index (χ2v) is 8.27. The molecule has 6 nitrogen and oxygen atoms in total. The molecular formula is C24H25ClFN5O. The number of pyridine rings is 1. The van der Waals surface area contributed by atoms with Crippen LogP contribution < -0.4 is 4.90 Å². The molecule has 32 heavy (non-hydrogen) atoms. The summed E-state index contributed by atoms with van der Waals surface area (Å²) in [7, 11) is 0. The van der Waals surface area contributed by atoms with Crippen molar-refractivity contribution in [1.82, 2.24) is 19.9 Å². The molecule has 1 aromatic carbocycles. The van der Waals surface area contributed by atoms with Crippen molar-refractivity contribution in [2.24, 2.45) is 0 Å². The van der Waals surface area contributed by atoms with E-state index in [9.17, 15) is 9.18 Å². The minimum Gasteiger partial charge on any atom is -0.352 e. The number of aromatic nitrogens is 3. The van der Waals surface area contributed by atoms with Crippen LogP contribution in [0.15, 0.2) is 42.9 Å². The molecule has 1 amide bonds. The van der Waals surface area contributed by atoms with Crippen LogP contribution in [-0.2, 0) is 4.79 Å². The molecule has 1 fully saturated rings. The van der Waals surface area contributed by atoms with Crippen molar-refractivity contribution in [1.29, 1.82) is 0 Å². The van der Waals surface area contributed by atoms with Crippen LogP contribution in [0.3, 0.4) is 0 Å². The molecule has 0 aliphatic carbocycles. The minimum atomic E-state index is -0.296. The second-order valence-electron chi connectivity index (χ2n) is 7.86. The van der Waals surface area contributed by atoms with Crippen LogP contribution in [0.25, 0.3) is 22.5 Å². The van der Waals surface area contributed by atoms with Crippen LogP contribution in [0, 0.1) is 12.7 Å². The van der Waals surface area contributed by atoms with Gasteiger partial charge in [-0.1, -0.05) is 18.5 Å². The largest absolute Gasteiger partial charge is 0.352 e. The van der Waals surface area contributed by atoms with E-state index in [1.165, 1.54) is 12.1 Å². The highest BCUT2D eigenvalue weighted by atomic mass is 35.5. The van der Waals surface area contributed by atoms with Crippen molar-refractivity contribution in [2.45, 2.75) is 26.7 Å². The zero-order valence-electron chi connectivity index (χ0n) is 18.2. The van der Waals surface area contributed by atoms with Gasteiger partial charge in [0.05, 0.1) is 16.9 Å². The van der Waals surface area contributed by atoms with E-state index in [1.807, 2.05) is 18.7 Å². The molecule has 4 rings (SSSR count). The molecule has 0 bridgehead atoms. The van der Waals surface area contributed by atoms with Gasteiger partial charge in [-0.05, 0) is 43.2 Å². The van der Waals surface area contributed by atoms with Gasteiger partial charge in [-0.15, -0.1) is 0 Å². The van der Waals surface area contributed by atoms with Crippen molar-refractivity contribution < 1.29 is 9.18 Å². The molecule has 2 aromatic heterocycles. The number of aryl methyl sites for hydroxylation is 1. The van der Waals surface area contributed by atoms with Gasteiger partial charge < -0.3 is 9.80 Å². The first-order chi connectivity index (χ1) is 15.5. The second kappa shape index (κ2) is 9.61. The highest BCUT2D eigenvalue weighted by Crippen LogP contribution is 2.35. The summed E-state index contributed by atoms with van der Waals surface area (Å²) < 4.78 is 13.7. The van der Waals surface area contributed by atoms with E-state index in [0.717, 1.165) is 23.4 Å². The Morgan fingerprint density at radius 2 is 1.88 bits per heavy atom. The molecule has 3 heterocycles. The Labute approximate surface area is 192 Å². The number of piperazine rings is 1. The number of rotatable bonds is 5. The Hall–Kier alpha value is -3.06. The predicted molar refractivity (Wildman–Crippen MR) is 124 cm³/mol. The molecule has 166 valence electrons. The Bertz CT molecular complexity index is 1130. The van der Waals surface area contributed by atoms with Crippen LogP contribution in [-0.4, -0.2) is 51.9 Å². The Morgan fingerprint density at radius 1 is 1.09 bits per heavy atom. The molecule has 1 aliphatic rings. The van der Waals surface area contributed by atoms with E-state index in [-0.39, 0.29) is 11.7 Å². The summed E-state index contributed by atoms with van der Waals surface area (Å²) in [6.07, 6.45) is 6.40. The average molecular weight is 454 g/mol. The lowest BCUT2D eigenvalue weighted by Crippen LogP contribution is -2.49. The number of carbonyl (C=O) groups is 1. The number of anilines is 1. The smallest absolute Gasteiger partial charge is 0.222 e. The van der Waals surface area contributed by atoms with E-state index in [1.54, 1.807) is 30.7 Å². The molecule has 1 aliphatic heterocycles. The summed E-state index contributed by atoms with van der Waals surface area (Å²) in [6, 6.07) is 6.42. The van der Waals surface area contributed by atoms with Gasteiger partial charge in [0.15, 0.2) is 0 Å². The first-order valence-electron chi connectivity index (χ1n) is 10.7. The van der Waals surface area contributed by atoms with Gasteiger partial charge in [0.25, 0.3) is 0 Å². The van der Waals surface area contributed by atoms with Crippen LogP contribution in [0.4, 0.5) is 10.2 Å². The van der Waals surface area contributed by atoms with Crippen LogP contribution in [0.2, 0.25) is 5.02 Å². The number of halogens is 2. The van der Waals surface area contributed by atoms with Gasteiger partial charge in [0, 0.05) is 56.1 Å². The molecular weight excluding hydrogens is 429 g/mol. The summed E-state index contributed by atoms with van der Waals surface area (Å²) in [5.41, 5.74) is 3.53. The lowest BCUT2D eigenvalue weighted by molar-refractivity contribution is -0.131. The standard InChI is InChI=1S/C24H25ClFN5O/c1-3-4-22(32)31-11-9-30(10-12-31)21-15-28-23(18-6-5-17(26)13-16(18)2)24(29-21)19-7-8-27-14-20(19)25/h5-8,13-15H,3-4,9-12H2,1-2H3. The van der Waals surface area contributed by atoms with Crippen molar-refractivity contribution in [3.05, 3.63) is 59.3 Å². The lowest BCUT2D eigenvalue weighted by Gasteiger charge is -2.35. The third-order valence-corrected chi connectivity index (χ3v) is 5.95. The maximum Gasteiger partial charge on any atom is 0.222 e. The fourth-order valence-electron chi connectivity index (χ4n) is 3.93. The summed E-state index contributed by atoms with van der Waals surface area (Å²) in [5, 5.41) is 0.468. The fourth-order valence-corrected chi connectivity index (χ4v) is 4.14. The number of hydrogen-bond donors (Lipinski definition) is 0. The van der Waals surface area contributed by atoms with E-state index >= 15 is 0 Å². The zero-order valence-corrected chi connectivity index (χ0v) is 18.9. The summed E-state index contributed by atoms with van der Waals surface area (Å²) in [4.78, 5) is 30.0. The summed E-state index contributed by atoms with van der Waals surface area (Å²) >= 11 is 6.46. The van der Waals surface area contributed by atoms with Crippen molar-refractivity contribution in [3.8, 4) is 22.5 Å². The summed E-state index contributed by atoms with van der Waals surface area (Å²) in [5.74, 6) is 0.624. The first kappa shape index (κ1) is 22.1. The number of nitrogens with zero attached hydrogens (tertiary/aromatic N) is 5. The van der Waals surface area contributed by atoms with E-state index in [2.05, 4.69) is 9.88 Å². The molecule has 8 heteroatoms. The summed E-state index contributed by atoms with van der Waals surface area (Å²) in [6.45, 7) is 6.54.